The highest BCUT2D eigenvalue weighted by Crippen LogP contribution is 2.20. The lowest BCUT2D eigenvalue weighted by Crippen LogP contribution is -2.51. The maximum Gasteiger partial charge on any atom is 0.265 e. The molecule has 1 atom stereocenters. The Kier molecular flexibility index (Phi) is 4.21. The molecule has 1 amide bonds. The Bertz CT molecular complexity index is 399. The van der Waals surface area contributed by atoms with Crippen molar-refractivity contribution in [3.63, 3.8) is 0 Å². The van der Waals surface area contributed by atoms with Gasteiger partial charge in [0.05, 0.1) is 17.3 Å². The van der Waals surface area contributed by atoms with Crippen LogP contribution < -0.4 is 5.32 Å². The van der Waals surface area contributed by atoms with E-state index >= 15 is 0 Å². The van der Waals surface area contributed by atoms with Gasteiger partial charge < -0.3 is 10.4 Å². The zero-order valence-electron chi connectivity index (χ0n) is 10.8. The van der Waals surface area contributed by atoms with Gasteiger partial charge in [-0.25, -0.2) is 0 Å². The smallest absolute Gasteiger partial charge is 0.265 e. The van der Waals surface area contributed by atoms with Crippen LogP contribution in [0.5, 0.6) is 0 Å². The number of aliphatic hydroxyl groups excluding tert-OH is 1. The van der Waals surface area contributed by atoms with Crippen molar-refractivity contribution in [1.82, 2.24) is 14.9 Å². The molecule has 1 heterocycles. The van der Waals surface area contributed by atoms with Crippen LogP contribution in [0.1, 0.15) is 55.9 Å². The third-order valence-corrected chi connectivity index (χ3v) is 3.49. The van der Waals surface area contributed by atoms with Gasteiger partial charge in [-0.2, -0.15) is 0 Å². The van der Waals surface area contributed by atoms with Gasteiger partial charge in [0, 0.05) is 0 Å². The highest BCUT2D eigenvalue weighted by Gasteiger charge is 2.29. The fourth-order valence-corrected chi connectivity index (χ4v) is 1.90. The van der Waals surface area contributed by atoms with Crippen LogP contribution >= 0.6 is 11.5 Å². The second-order valence-electron chi connectivity index (χ2n) is 4.99. The fraction of sp³-hybridized carbons (Fsp3) is 0.727. The Hall–Kier alpha value is -1.01. The van der Waals surface area contributed by atoms with E-state index in [-0.39, 0.29) is 11.8 Å². The zero-order chi connectivity index (χ0) is 13.2. The van der Waals surface area contributed by atoms with Crippen molar-refractivity contribution < 1.29 is 9.90 Å². The van der Waals surface area contributed by atoms with Gasteiger partial charge in [-0.05, 0) is 38.2 Å². The summed E-state index contributed by atoms with van der Waals surface area (Å²) in [5.74, 6) is -0.0706. The van der Waals surface area contributed by atoms with Gasteiger partial charge in [0.2, 0.25) is 0 Å². The molecular formula is C11H19N3O2S. The molecule has 1 aromatic rings. The number of nitrogens with zero attached hydrogens (tertiary/aromatic N) is 2. The minimum Gasteiger partial charge on any atom is -0.391 e. The molecule has 0 spiro atoms. The highest BCUT2D eigenvalue weighted by molar-refractivity contribution is 7.08. The topological polar surface area (TPSA) is 75.1 Å². The van der Waals surface area contributed by atoms with E-state index in [1.807, 2.05) is 13.8 Å². The van der Waals surface area contributed by atoms with Crippen molar-refractivity contribution >= 4 is 17.4 Å². The van der Waals surface area contributed by atoms with Crippen LogP contribution in [0.15, 0.2) is 0 Å². The SMILES string of the molecule is CC(C)c1nnsc1C(=O)NC(C)(C)C(C)O. The van der Waals surface area contributed by atoms with Crippen LogP contribution in [0, 0.1) is 0 Å². The van der Waals surface area contributed by atoms with E-state index in [1.165, 1.54) is 0 Å². The summed E-state index contributed by atoms with van der Waals surface area (Å²) in [5, 5.41) is 16.3. The second kappa shape index (κ2) is 5.10. The average molecular weight is 257 g/mol. The summed E-state index contributed by atoms with van der Waals surface area (Å²) in [6.07, 6.45) is -0.630. The summed E-state index contributed by atoms with van der Waals surface area (Å²) in [4.78, 5) is 12.6. The number of aliphatic hydroxyl groups is 1. The van der Waals surface area contributed by atoms with Crippen molar-refractivity contribution in [2.24, 2.45) is 0 Å². The first-order valence-electron chi connectivity index (χ1n) is 5.58. The quantitative estimate of drug-likeness (QED) is 0.858. The van der Waals surface area contributed by atoms with Crippen LogP contribution in [-0.4, -0.2) is 32.2 Å². The van der Waals surface area contributed by atoms with Crippen LogP contribution in [-0.2, 0) is 0 Å². The number of aromatic nitrogens is 2. The molecule has 0 aliphatic heterocycles. The Morgan fingerprint density at radius 1 is 1.41 bits per heavy atom. The van der Waals surface area contributed by atoms with E-state index in [1.54, 1.807) is 20.8 Å². The van der Waals surface area contributed by atoms with E-state index in [0.29, 0.717) is 10.6 Å². The maximum absolute atomic E-state index is 12.1. The summed E-state index contributed by atoms with van der Waals surface area (Å²) in [7, 11) is 0. The molecule has 0 fully saturated rings. The van der Waals surface area contributed by atoms with Crippen molar-refractivity contribution in [1.29, 1.82) is 0 Å². The van der Waals surface area contributed by atoms with Crippen LogP contribution in [0.4, 0.5) is 0 Å². The predicted molar refractivity (Wildman–Crippen MR) is 67.2 cm³/mol. The first-order chi connectivity index (χ1) is 7.75. The van der Waals surface area contributed by atoms with Gasteiger partial charge in [0.25, 0.3) is 5.91 Å². The molecule has 0 saturated carbocycles. The molecule has 17 heavy (non-hydrogen) atoms. The molecule has 0 aliphatic rings. The third kappa shape index (κ3) is 3.23. The molecule has 96 valence electrons. The molecular weight excluding hydrogens is 238 g/mol. The first kappa shape index (κ1) is 14.1. The third-order valence-electron chi connectivity index (χ3n) is 2.75. The van der Waals surface area contributed by atoms with Gasteiger partial charge in [0.1, 0.15) is 4.88 Å². The molecule has 6 heteroatoms. The van der Waals surface area contributed by atoms with Crippen molar-refractivity contribution in [3.05, 3.63) is 10.6 Å². The van der Waals surface area contributed by atoms with E-state index < -0.39 is 11.6 Å². The Morgan fingerprint density at radius 2 is 2.00 bits per heavy atom. The molecule has 0 saturated heterocycles. The fourth-order valence-electron chi connectivity index (χ4n) is 1.19. The molecule has 0 bridgehead atoms. The number of hydrogen-bond donors (Lipinski definition) is 2. The maximum atomic E-state index is 12.1. The number of rotatable bonds is 4. The summed E-state index contributed by atoms with van der Waals surface area (Å²) in [5.41, 5.74) is 0.0314. The molecule has 1 rings (SSSR count). The second-order valence-corrected chi connectivity index (χ2v) is 5.75. The number of amides is 1. The zero-order valence-corrected chi connectivity index (χ0v) is 11.6. The molecule has 1 unspecified atom stereocenters. The number of nitrogens with one attached hydrogen (secondary N) is 1. The Morgan fingerprint density at radius 3 is 2.47 bits per heavy atom. The minimum atomic E-state index is -0.671. The summed E-state index contributed by atoms with van der Waals surface area (Å²) >= 11 is 1.08. The summed E-state index contributed by atoms with van der Waals surface area (Å²) < 4.78 is 3.81. The van der Waals surface area contributed by atoms with Crippen LogP contribution in [0.3, 0.4) is 0 Å². The normalized spacial score (nSPS) is 13.8. The lowest BCUT2D eigenvalue weighted by Gasteiger charge is -2.29. The summed E-state index contributed by atoms with van der Waals surface area (Å²) in [6.45, 7) is 9.13. The van der Waals surface area contributed by atoms with Crippen molar-refractivity contribution in [2.75, 3.05) is 0 Å². The molecule has 0 aromatic carbocycles. The molecule has 0 radical (unpaired) electrons. The van der Waals surface area contributed by atoms with Gasteiger partial charge in [-0.15, -0.1) is 5.10 Å². The van der Waals surface area contributed by atoms with Gasteiger partial charge in [-0.3, -0.25) is 4.79 Å². The number of hydrogen-bond acceptors (Lipinski definition) is 5. The van der Waals surface area contributed by atoms with Gasteiger partial charge >= 0.3 is 0 Å². The summed E-state index contributed by atoms with van der Waals surface area (Å²) in [6, 6.07) is 0. The van der Waals surface area contributed by atoms with Crippen molar-refractivity contribution in [3.8, 4) is 0 Å². The monoisotopic (exact) mass is 257 g/mol. The molecule has 0 aliphatic carbocycles. The number of carbonyl (C=O) groups is 1. The van der Waals surface area contributed by atoms with E-state index in [9.17, 15) is 9.90 Å². The van der Waals surface area contributed by atoms with E-state index in [4.69, 9.17) is 0 Å². The molecule has 2 N–H and O–H groups in total. The van der Waals surface area contributed by atoms with Crippen LogP contribution in [0.2, 0.25) is 0 Å². The van der Waals surface area contributed by atoms with Gasteiger partial charge in [0.15, 0.2) is 0 Å². The first-order valence-corrected chi connectivity index (χ1v) is 6.36. The highest BCUT2D eigenvalue weighted by atomic mass is 32.1. The lowest BCUT2D eigenvalue weighted by molar-refractivity contribution is 0.0711. The minimum absolute atomic E-state index is 0.157. The van der Waals surface area contributed by atoms with E-state index in [2.05, 4.69) is 14.9 Å². The molecule has 5 nitrogen and oxygen atoms in total. The van der Waals surface area contributed by atoms with Gasteiger partial charge in [-0.1, -0.05) is 18.3 Å². The van der Waals surface area contributed by atoms with Crippen LogP contribution in [0.25, 0.3) is 0 Å². The molecule has 1 aromatic heterocycles. The largest absolute Gasteiger partial charge is 0.391 e. The van der Waals surface area contributed by atoms with E-state index in [0.717, 1.165) is 11.5 Å². The van der Waals surface area contributed by atoms with Crippen molar-refractivity contribution in [2.45, 2.75) is 52.2 Å². The lowest BCUT2D eigenvalue weighted by atomic mass is 9.98. The predicted octanol–water partition coefficient (Wildman–Crippen LogP) is 1.55. The Labute approximate surface area is 105 Å². The Balaban J connectivity index is 2.87. The average Bonchev–Trinajstić information content (AvgIpc) is 2.64. The number of carbonyl (C=O) groups excluding carboxylic acids is 1. The standard InChI is InChI=1S/C11H19N3O2S/c1-6(2)8-9(17-14-13-8)10(16)12-11(4,5)7(3)15/h6-7,15H,1-5H3,(H,12,16).